The first-order chi connectivity index (χ1) is 12.3. The molecule has 0 saturated heterocycles. The second kappa shape index (κ2) is 8.14. The molecule has 0 bridgehead atoms. The average Bonchev–Trinajstić information content (AvgIpc) is 2.89. The Hall–Kier alpha value is -0.423. The second-order valence-corrected chi connectivity index (χ2v) is 15.7. The third kappa shape index (κ3) is 4.77. The van der Waals surface area contributed by atoms with Crippen molar-refractivity contribution in [2.75, 3.05) is 0 Å². The molecule has 0 aliphatic heterocycles. The van der Waals surface area contributed by atoms with E-state index >= 15 is 0 Å². The molecule has 6 atom stereocenters. The molecule has 0 aromatic heterocycles. The Bertz CT molecular complexity index is 530. The fourth-order valence-electron chi connectivity index (χ4n) is 5.52. The van der Waals surface area contributed by atoms with Gasteiger partial charge in [0.05, 0.1) is 0 Å². The van der Waals surface area contributed by atoms with Crippen molar-refractivity contribution < 1.29 is 18.7 Å². The molecule has 2 aliphatic rings. The van der Waals surface area contributed by atoms with Crippen LogP contribution in [0.3, 0.4) is 0 Å². The Balaban J connectivity index is 2.07. The zero-order valence-corrected chi connectivity index (χ0v) is 19.5. The maximum absolute atomic E-state index is 13.5. The molecule has 0 heterocycles. The van der Waals surface area contributed by atoms with Crippen molar-refractivity contribution in [3.8, 4) is 0 Å². The number of carbonyl (C=O) groups is 1. The van der Waals surface area contributed by atoms with E-state index < -0.39 is 20.5 Å². The summed E-state index contributed by atoms with van der Waals surface area (Å²) in [5.41, 5.74) is 0.250. The monoisotopic (exact) mass is 400 g/mol. The van der Waals surface area contributed by atoms with Crippen molar-refractivity contribution in [2.24, 2.45) is 23.2 Å². The molecule has 1 N–H and O–H groups in total. The summed E-state index contributed by atoms with van der Waals surface area (Å²) in [7, 11) is -1.79. The van der Waals surface area contributed by atoms with E-state index in [1.165, 1.54) is 32.1 Å². The minimum atomic E-state index is -1.79. The van der Waals surface area contributed by atoms with Crippen LogP contribution in [0.4, 0.5) is 4.39 Å². The number of carboxylic acids is 1. The molecule has 3 nitrogen and oxygen atoms in total. The SMILES string of the molecule is C[C@H](CC[C@H](F)C(=O)O)[C@H]1CC[C@H]2[C@@H](O[Si](C)(C)C(C)(C)C)CCC[C@]12C. The standard InChI is InChI=1S/C22H41FO3Si/c1-15(10-13-18(23)20(24)25)16-11-12-17-19(9-8-14-22(16,17)5)26-27(6,7)21(2,3)4/h15-19H,8-14H2,1-7H3,(H,24,25)/t15-,16-,17+,18+,19+,22-/m1/s1. The highest BCUT2D eigenvalue weighted by Gasteiger charge is 2.54. The van der Waals surface area contributed by atoms with Gasteiger partial charge in [0, 0.05) is 6.10 Å². The molecule has 2 saturated carbocycles. The van der Waals surface area contributed by atoms with Gasteiger partial charge < -0.3 is 9.53 Å². The van der Waals surface area contributed by atoms with E-state index in [-0.39, 0.29) is 16.9 Å². The first kappa shape index (κ1) is 22.9. The molecular weight excluding hydrogens is 359 g/mol. The molecule has 2 rings (SSSR count). The van der Waals surface area contributed by atoms with Crippen LogP contribution in [0.1, 0.15) is 79.6 Å². The molecule has 2 aliphatic carbocycles. The van der Waals surface area contributed by atoms with Crippen molar-refractivity contribution in [1.29, 1.82) is 0 Å². The summed E-state index contributed by atoms with van der Waals surface area (Å²) in [6.45, 7) is 16.2. The summed E-state index contributed by atoms with van der Waals surface area (Å²) in [6, 6.07) is 0. The minimum Gasteiger partial charge on any atom is -0.479 e. The van der Waals surface area contributed by atoms with E-state index in [2.05, 4.69) is 47.7 Å². The van der Waals surface area contributed by atoms with E-state index in [0.717, 1.165) is 0 Å². The summed E-state index contributed by atoms with van der Waals surface area (Å²) in [6.07, 6.45) is 5.39. The van der Waals surface area contributed by atoms with Gasteiger partial charge in [-0.2, -0.15) is 0 Å². The van der Waals surface area contributed by atoms with Crippen LogP contribution in [0.25, 0.3) is 0 Å². The molecule has 27 heavy (non-hydrogen) atoms. The maximum Gasteiger partial charge on any atom is 0.338 e. The van der Waals surface area contributed by atoms with Gasteiger partial charge in [-0.3, -0.25) is 0 Å². The fraction of sp³-hybridized carbons (Fsp3) is 0.955. The number of hydrogen-bond donors (Lipinski definition) is 1. The quantitative estimate of drug-likeness (QED) is 0.501. The van der Waals surface area contributed by atoms with Crippen LogP contribution in [0.2, 0.25) is 18.1 Å². The Kier molecular flexibility index (Phi) is 6.89. The molecular formula is C22H41FO3Si. The third-order valence-electron chi connectivity index (χ3n) is 8.22. The number of alkyl halides is 1. The molecule has 0 unspecified atom stereocenters. The lowest BCUT2D eigenvalue weighted by atomic mass is 9.61. The summed E-state index contributed by atoms with van der Waals surface area (Å²) in [4.78, 5) is 10.8. The summed E-state index contributed by atoms with van der Waals surface area (Å²) >= 11 is 0. The number of aliphatic carboxylic acids is 1. The van der Waals surface area contributed by atoms with Gasteiger partial charge in [-0.05, 0) is 79.8 Å². The summed E-state index contributed by atoms with van der Waals surface area (Å²) in [5, 5.41) is 9.04. The topological polar surface area (TPSA) is 46.5 Å². The number of fused-ring (bicyclic) bond motifs is 1. The van der Waals surface area contributed by atoms with Crippen LogP contribution in [0.5, 0.6) is 0 Å². The largest absolute Gasteiger partial charge is 0.479 e. The van der Waals surface area contributed by atoms with E-state index in [4.69, 9.17) is 9.53 Å². The van der Waals surface area contributed by atoms with Crippen LogP contribution in [0.15, 0.2) is 0 Å². The van der Waals surface area contributed by atoms with E-state index in [1.807, 2.05) is 0 Å². The molecule has 2 fully saturated rings. The smallest absolute Gasteiger partial charge is 0.338 e. The molecule has 0 amide bonds. The molecule has 158 valence electrons. The minimum absolute atomic E-state index is 0.137. The number of carboxylic acid groups (broad SMARTS) is 1. The normalized spacial score (nSPS) is 34.1. The van der Waals surface area contributed by atoms with E-state index in [0.29, 0.717) is 30.3 Å². The van der Waals surface area contributed by atoms with Gasteiger partial charge in [0.1, 0.15) is 0 Å². The van der Waals surface area contributed by atoms with Gasteiger partial charge in [-0.25, -0.2) is 9.18 Å². The van der Waals surface area contributed by atoms with Gasteiger partial charge in [-0.1, -0.05) is 41.0 Å². The lowest BCUT2D eigenvalue weighted by Gasteiger charge is -2.50. The molecule has 0 spiro atoms. The lowest BCUT2D eigenvalue weighted by molar-refractivity contribution is -0.143. The predicted molar refractivity (Wildman–Crippen MR) is 111 cm³/mol. The Labute approximate surface area is 166 Å². The highest BCUT2D eigenvalue weighted by atomic mass is 28.4. The first-order valence-corrected chi connectivity index (χ1v) is 13.7. The fourth-order valence-corrected chi connectivity index (χ4v) is 6.92. The third-order valence-corrected chi connectivity index (χ3v) is 12.7. The maximum atomic E-state index is 13.5. The van der Waals surface area contributed by atoms with Crippen LogP contribution in [0, 0.1) is 23.2 Å². The number of halogens is 1. The van der Waals surface area contributed by atoms with Crippen LogP contribution in [-0.2, 0) is 9.22 Å². The van der Waals surface area contributed by atoms with Crippen molar-refractivity contribution >= 4 is 14.3 Å². The Morgan fingerprint density at radius 1 is 1.26 bits per heavy atom. The molecule has 0 aromatic rings. The molecule has 0 radical (unpaired) electrons. The van der Waals surface area contributed by atoms with Gasteiger partial charge >= 0.3 is 5.97 Å². The highest BCUT2D eigenvalue weighted by Crippen LogP contribution is 2.59. The van der Waals surface area contributed by atoms with E-state index in [9.17, 15) is 9.18 Å². The van der Waals surface area contributed by atoms with Crippen molar-refractivity contribution in [3.63, 3.8) is 0 Å². The number of rotatable bonds is 7. The van der Waals surface area contributed by atoms with Gasteiger partial charge in [0.2, 0.25) is 0 Å². The van der Waals surface area contributed by atoms with Crippen LogP contribution < -0.4 is 0 Å². The van der Waals surface area contributed by atoms with Crippen molar-refractivity contribution in [3.05, 3.63) is 0 Å². The zero-order valence-electron chi connectivity index (χ0n) is 18.5. The first-order valence-electron chi connectivity index (χ1n) is 10.8. The summed E-state index contributed by atoms with van der Waals surface area (Å²) in [5.74, 6) is 0.185. The number of hydrogen-bond acceptors (Lipinski definition) is 2. The molecule has 5 heteroatoms. The second-order valence-electron chi connectivity index (χ2n) is 11.0. The average molecular weight is 401 g/mol. The summed E-state index contributed by atoms with van der Waals surface area (Å²) < 4.78 is 20.4. The molecule has 0 aromatic carbocycles. The Morgan fingerprint density at radius 3 is 2.44 bits per heavy atom. The van der Waals surface area contributed by atoms with E-state index in [1.54, 1.807) is 0 Å². The van der Waals surface area contributed by atoms with Crippen molar-refractivity contribution in [2.45, 2.75) is 110 Å². The van der Waals surface area contributed by atoms with Gasteiger partial charge in [0.15, 0.2) is 14.5 Å². The van der Waals surface area contributed by atoms with Gasteiger partial charge in [0.25, 0.3) is 0 Å². The lowest BCUT2D eigenvalue weighted by Crippen LogP contribution is -2.50. The van der Waals surface area contributed by atoms with Crippen molar-refractivity contribution in [1.82, 2.24) is 0 Å². The predicted octanol–water partition coefficient (Wildman–Crippen LogP) is 6.43. The zero-order chi connectivity index (χ0) is 20.6. The Morgan fingerprint density at radius 2 is 1.89 bits per heavy atom. The van der Waals surface area contributed by atoms with Gasteiger partial charge in [-0.15, -0.1) is 0 Å². The highest BCUT2D eigenvalue weighted by molar-refractivity contribution is 6.74. The van der Waals surface area contributed by atoms with Crippen LogP contribution >= 0.6 is 0 Å². The van der Waals surface area contributed by atoms with Crippen LogP contribution in [-0.4, -0.2) is 31.7 Å².